The third-order valence-electron chi connectivity index (χ3n) is 4.93. The molecule has 2 N–H and O–H groups in total. The Morgan fingerprint density at radius 1 is 1.10 bits per heavy atom. The van der Waals surface area contributed by atoms with E-state index >= 15 is 0 Å². The average molecular weight is 432 g/mol. The molecule has 0 radical (unpaired) electrons. The molecule has 0 bridgehead atoms. The summed E-state index contributed by atoms with van der Waals surface area (Å²) in [5.41, 5.74) is 1.33. The van der Waals surface area contributed by atoms with Crippen LogP contribution in [0.4, 0.5) is 13.2 Å². The van der Waals surface area contributed by atoms with Crippen LogP contribution in [0.1, 0.15) is 32.6 Å². The Labute approximate surface area is 176 Å². The number of nitrogens with zero attached hydrogens (tertiary/aromatic N) is 1. The van der Waals surface area contributed by atoms with E-state index in [4.69, 9.17) is 0 Å². The second kappa shape index (κ2) is 9.03. The molecule has 0 aromatic heterocycles. The monoisotopic (exact) mass is 432 g/mol. The Kier molecular flexibility index (Phi) is 6.43. The molecular weight excluding hydrogens is 413 g/mol. The first kappa shape index (κ1) is 22.1. The number of fused-ring (bicyclic) bond motifs is 1. The summed E-state index contributed by atoms with van der Waals surface area (Å²) in [5.74, 6) is -1.88. The van der Waals surface area contributed by atoms with E-state index in [2.05, 4.69) is 5.32 Å². The maximum absolute atomic E-state index is 12.6. The molecule has 0 saturated heterocycles. The first-order valence-electron chi connectivity index (χ1n) is 9.40. The van der Waals surface area contributed by atoms with Gasteiger partial charge in [-0.05, 0) is 47.4 Å². The van der Waals surface area contributed by atoms with Gasteiger partial charge in [0.05, 0.1) is 17.7 Å². The lowest BCUT2D eigenvalue weighted by atomic mass is 9.94. The first-order chi connectivity index (χ1) is 14.6. The number of rotatable bonds is 5. The van der Waals surface area contributed by atoms with Crippen molar-refractivity contribution in [2.24, 2.45) is 0 Å². The normalized spacial score (nSPS) is 13.7. The number of hydrogen-bond donors (Lipinski definition) is 2. The molecule has 2 aromatic carbocycles. The number of benzene rings is 2. The topological polar surface area (TPSA) is 86.7 Å². The molecule has 2 aromatic rings. The molecule has 0 aliphatic carbocycles. The third-order valence-corrected chi connectivity index (χ3v) is 4.93. The maximum atomic E-state index is 12.6. The number of amides is 2. The number of alkyl halides is 3. The highest BCUT2D eigenvalue weighted by molar-refractivity contribution is 5.94. The van der Waals surface area contributed by atoms with Gasteiger partial charge in [0.25, 0.3) is 0 Å². The van der Waals surface area contributed by atoms with Crippen LogP contribution in [0.5, 0.6) is 0 Å². The zero-order valence-electron chi connectivity index (χ0n) is 16.3. The van der Waals surface area contributed by atoms with Crippen molar-refractivity contribution in [1.82, 2.24) is 10.2 Å². The van der Waals surface area contributed by atoms with Crippen molar-refractivity contribution in [3.8, 4) is 0 Å². The van der Waals surface area contributed by atoms with Gasteiger partial charge in [0.1, 0.15) is 0 Å². The van der Waals surface area contributed by atoms with Crippen molar-refractivity contribution in [3.63, 3.8) is 0 Å². The molecule has 2 amide bonds. The third kappa shape index (κ3) is 5.50. The van der Waals surface area contributed by atoms with Gasteiger partial charge in [-0.15, -0.1) is 0 Å². The van der Waals surface area contributed by atoms with Crippen LogP contribution in [0.2, 0.25) is 0 Å². The molecule has 0 atom stereocenters. The minimum atomic E-state index is -4.43. The molecular formula is C22H19F3N2O4. The fourth-order valence-corrected chi connectivity index (χ4v) is 3.31. The van der Waals surface area contributed by atoms with E-state index in [0.29, 0.717) is 24.1 Å². The van der Waals surface area contributed by atoms with Crippen molar-refractivity contribution in [3.05, 3.63) is 76.4 Å². The van der Waals surface area contributed by atoms with E-state index in [0.717, 1.165) is 23.8 Å². The van der Waals surface area contributed by atoms with E-state index in [1.165, 1.54) is 29.2 Å². The lowest BCUT2D eigenvalue weighted by Crippen LogP contribution is -2.42. The van der Waals surface area contributed by atoms with Crippen molar-refractivity contribution in [2.45, 2.75) is 19.1 Å². The SMILES string of the molecule is O=C(/C=C/c1ccc(C(F)(F)F)cc1)NCC(=O)N1CCc2c(cccc2C(=O)O)C1. The van der Waals surface area contributed by atoms with Crippen LogP contribution in [0, 0.1) is 0 Å². The van der Waals surface area contributed by atoms with Crippen LogP contribution in [-0.4, -0.2) is 40.9 Å². The molecule has 1 aliphatic heterocycles. The van der Waals surface area contributed by atoms with Crippen LogP contribution in [0.15, 0.2) is 48.5 Å². The minimum Gasteiger partial charge on any atom is -0.478 e. The Morgan fingerprint density at radius 3 is 2.45 bits per heavy atom. The predicted molar refractivity (Wildman–Crippen MR) is 106 cm³/mol. The second-order valence-corrected chi connectivity index (χ2v) is 6.98. The molecule has 1 heterocycles. The number of aromatic carboxylic acids is 1. The quantitative estimate of drug-likeness (QED) is 0.711. The lowest BCUT2D eigenvalue weighted by Gasteiger charge is -2.29. The van der Waals surface area contributed by atoms with Crippen LogP contribution in [-0.2, 0) is 28.7 Å². The van der Waals surface area contributed by atoms with Gasteiger partial charge < -0.3 is 15.3 Å². The van der Waals surface area contributed by atoms with E-state index < -0.39 is 23.6 Å². The van der Waals surface area contributed by atoms with Crippen LogP contribution in [0.25, 0.3) is 6.08 Å². The van der Waals surface area contributed by atoms with E-state index in [1.807, 2.05) is 0 Å². The fraction of sp³-hybridized carbons (Fsp3) is 0.227. The largest absolute Gasteiger partial charge is 0.478 e. The standard InChI is InChI=1S/C22H19F3N2O4/c23-22(24,25)16-7-4-14(5-8-16)6-9-19(28)26-12-20(29)27-11-10-17-15(13-27)2-1-3-18(17)21(30)31/h1-9H,10-13H2,(H,26,28)(H,30,31)/b9-6+. The van der Waals surface area contributed by atoms with Gasteiger partial charge in [0.15, 0.2) is 0 Å². The number of halogens is 3. The average Bonchev–Trinajstić information content (AvgIpc) is 2.74. The van der Waals surface area contributed by atoms with Crippen LogP contribution < -0.4 is 5.32 Å². The van der Waals surface area contributed by atoms with Crippen molar-refractivity contribution in [2.75, 3.05) is 13.1 Å². The molecule has 9 heteroatoms. The van der Waals surface area contributed by atoms with Gasteiger partial charge >= 0.3 is 12.1 Å². The summed E-state index contributed by atoms with van der Waals surface area (Å²) in [7, 11) is 0. The van der Waals surface area contributed by atoms with Crippen LogP contribution >= 0.6 is 0 Å². The molecule has 1 aliphatic rings. The van der Waals surface area contributed by atoms with Gasteiger partial charge in [-0.2, -0.15) is 13.2 Å². The van der Waals surface area contributed by atoms with E-state index in [1.54, 1.807) is 12.1 Å². The van der Waals surface area contributed by atoms with Crippen molar-refractivity contribution >= 4 is 23.9 Å². The summed E-state index contributed by atoms with van der Waals surface area (Å²) < 4.78 is 37.7. The summed E-state index contributed by atoms with van der Waals surface area (Å²) in [6, 6.07) is 9.26. The Balaban J connectivity index is 1.53. The molecule has 0 saturated carbocycles. The number of carboxylic acids is 1. The van der Waals surface area contributed by atoms with Gasteiger partial charge in [0, 0.05) is 19.2 Å². The van der Waals surface area contributed by atoms with Crippen LogP contribution in [0.3, 0.4) is 0 Å². The van der Waals surface area contributed by atoms with Crippen molar-refractivity contribution < 1.29 is 32.7 Å². The molecule has 6 nitrogen and oxygen atoms in total. The van der Waals surface area contributed by atoms with Gasteiger partial charge in [0.2, 0.25) is 11.8 Å². The lowest BCUT2D eigenvalue weighted by molar-refractivity contribution is -0.137. The number of hydrogen-bond acceptors (Lipinski definition) is 3. The molecule has 31 heavy (non-hydrogen) atoms. The first-order valence-corrected chi connectivity index (χ1v) is 9.40. The maximum Gasteiger partial charge on any atom is 0.416 e. The summed E-state index contributed by atoms with van der Waals surface area (Å²) >= 11 is 0. The highest BCUT2D eigenvalue weighted by Gasteiger charge is 2.29. The highest BCUT2D eigenvalue weighted by atomic mass is 19.4. The molecule has 0 spiro atoms. The molecule has 3 rings (SSSR count). The van der Waals surface area contributed by atoms with Gasteiger partial charge in [-0.25, -0.2) is 4.79 Å². The predicted octanol–water partition coefficient (Wildman–Crippen LogP) is 3.12. The number of carbonyl (C=O) groups excluding carboxylic acids is 2. The van der Waals surface area contributed by atoms with Crippen molar-refractivity contribution in [1.29, 1.82) is 0 Å². The molecule has 162 valence electrons. The summed E-state index contributed by atoms with van der Waals surface area (Å²) in [4.78, 5) is 37.2. The smallest absolute Gasteiger partial charge is 0.416 e. The zero-order valence-corrected chi connectivity index (χ0v) is 16.3. The second-order valence-electron chi connectivity index (χ2n) is 6.98. The van der Waals surface area contributed by atoms with Gasteiger partial charge in [-0.3, -0.25) is 9.59 Å². The summed E-state index contributed by atoms with van der Waals surface area (Å²) in [5, 5.41) is 11.7. The van der Waals surface area contributed by atoms with E-state index in [-0.39, 0.29) is 24.6 Å². The Morgan fingerprint density at radius 2 is 1.81 bits per heavy atom. The minimum absolute atomic E-state index is 0.228. The number of carboxylic acid groups (broad SMARTS) is 1. The fourth-order valence-electron chi connectivity index (χ4n) is 3.31. The number of carbonyl (C=O) groups is 3. The highest BCUT2D eigenvalue weighted by Crippen LogP contribution is 2.29. The molecule has 0 unspecified atom stereocenters. The molecule has 0 fully saturated rings. The Hall–Kier alpha value is -3.62. The van der Waals surface area contributed by atoms with Gasteiger partial charge in [-0.1, -0.05) is 24.3 Å². The summed E-state index contributed by atoms with van der Waals surface area (Å²) in [6.07, 6.45) is -1.53. The number of nitrogens with one attached hydrogen (secondary N) is 1. The van der Waals surface area contributed by atoms with E-state index in [9.17, 15) is 32.7 Å². The summed E-state index contributed by atoms with van der Waals surface area (Å²) in [6.45, 7) is 0.351. The Bertz CT molecular complexity index is 1030. The zero-order chi connectivity index (χ0) is 22.6.